The summed E-state index contributed by atoms with van der Waals surface area (Å²) in [7, 11) is -1.32. The highest BCUT2D eigenvalue weighted by molar-refractivity contribution is 9.10. The van der Waals surface area contributed by atoms with Gasteiger partial charge in [-0.1, -0.05) is 38.5 Å². The summed E-state index contributed by atoms with van der Waals surface area (Å²) < 4.78 is 41.5. The molecule has 0 aliphatic heterocycles. The van der Waals surface area contributed by atoms with Crippen LogP contribution in [-0.4, -0.2) is 22.4 Å². The predicted octanol–water partition coefficient (Wildman–Crippen LogP) is 9.33. The quantitative estimate of drug-likeness (QED) is 0.298. The summed E-state index contributed by atoms with van der Waals surface area (Å²) in [6.45, 7) is 0. The summed E-state index contributed by atoms with van der Waals surface area (Å²) in [6.07, 6.45) is 12.5. The lowest BCUT2D eigenvalue weighted by atomic mass is 10.00. The van der Waals surface area contributed by atoms with Gasteiger partial charge in [0.1, 0.15) is 35.0 Å². The molecule has 0 bridgehead atoms. The fourth-order valence-corrected chi connectivity index (χ4v) is 10.8. The minimum atomic E-state index is -1.32. The van der Waals surface area contributed by atoms with Crippen LogP contribution in [0.1, 0.15) is 64.2 Å². The molecule has 0 aromatic heterocycles. The predicted molar refractivity (Wildman–Crippen MR) is 141 cm³/mol. The van der Waals surface area contributed by atoms with Crippen LogP contribution in [-0.2, 0) is 0 Å². The van der Waals surface area contributed by atoms with Gasteiger partial charge in [0.25, 0.3) is 0 Å². The van der Waals surface area contributed by atoms with Crippen LogP contribution in [0.25, 0.3) is 0 Å². The Labute approximate surface area is 214 Å². The zero-order chi connectivity index (χ0) is 23.3. The van der Waals surface area contributed by atoms with E-state index in [1.807, 2.05) is 0 Å². The molecule has 7 heteroatoms. The number of hydrogen-bond acceptors (Lipinski definition) is 2. The highest BCUT2D eigenvalue weighted by atomic mass is 79.9. The fraction of sp³-hybridized carbons (Fsp3) is 0.538. The summed E-state index contributed by atoms with van der Waals surface area (Å²) >= 11 is 6.94. The molecule has 33 heavy (non-hydrogen) atoms. The lowest BCUT2D eigenvalue weighted by Gasteiger charge is -2.53. The van der Waals surface area contributed by atoms with Crippen LogP contribution in [0.15, 0.2) is 45.3 Å². The smallest absolute Gasteiger partial charge is 0.134 e. The largest absolute Gasteiger partial charge is 0.483 e. The lowest BCUT2D eigenvalue weighted by molar-refractivity contribution is 0.349. The van der Waals surface area contributed by atoms with Crippen LogP contribution in [0.2, 0.25) is 0 Å². The average Bonchev–Trinajstić information content (AvgIpc) is 2.82. The molecule has 2 fully saturated rings. The third-order valence-electron chi connectivity index (χ3n) is 7.09. The Kier molecular flexibility index (Phi) is 9.02. The van der Waals surface area contributed by atoms with Gasteiger partial charge in [-0.3, -0.25) is 0 Å². The van der Waals surface area contributed by atoms with Crippen LogP contribution in [0.4, 0.5) is 8.78 Å². The second kappa shape index (κ2) is 11.8. The Morgan fingerprint density at radius 2 is 1.06 bits per heavy atom. The second-order valence-corrected chi connectivity index (χ2v) is 14.7. The van der Waals surface area contributed by atoms with Gasteiger partial charge in [-0.05, 0) is 104 Å². The van der Waals surface area contributed by atoms with Crippen molar-refractivity contribution in [1.82, 2.24) is 0 Å². The van der Waals surface area contributed by atoms with E-state index in [1.54, 1.807) is 12.1 Å². The maximum atomic E-state index is 13.6. The maximum Gasteiger partial charge on any atom is 0.134 e. The Morgan fingerprint density at radius 1 is 0.667 bits per heavy atom. The Bertz CT molecular complexity index is 855. The maximum absolute atomic E-state index is 13.6. The van der Waals surface area contributed by atoms with Crippen molar-refractivity contribution in [3.63, 3.8) is 0 Å². The topological polar surface area (TPSA) is 18.5 Å². The third-order valence-corrected chi connectivity index (χ3v) is 13.0. The van der Waals surface area contributed by atoms with E-state index in [4.69, 9.17) is 9.47 Å². The van der Waals surface area contributed by atoms with Crippen molar-refractivity contribution in [3.05, 3.63) is 57.0 Å². The second-order valence-electron chi connectivity index (χ2n) is 9.20. The van der Waals surface area contributed by atoms with Crippen molar-refractivity contribution in [3.8, 4) is 11.5 Å². The molecule has 0 atom stereocenters. The van der Waals surface area contributed by atoms with Gasteiger partial charge < -0.3 is 9.47 Å². The average molecular weight is 606 g/mol. The first-order chi connectivity index (χ1) is 16.0. The van der Waals surface area contributed by atoms with Gasteiger partial charge in [0.15, 0.2) is 0 Å². The molecule has 4 rings (SSSR count). The van der Waals surface area contributed by atoms with Crippen molar-refractivity contribution < 1.29 is 18.3 Å². The first-order valence-corrected chi connectivity index (χ1v) is 15.6. The van der Waals surface area contributed by atoms with Crippen LogP contribution in [0.5, 0.6) is 11.5 Å². The first kappa shape index (κ1) is 25.3. The van der Waals surface area contributed by atoms with E-state index < -0.39 is 10.0 Å². The number of ether oxygens (including phenoxy) is 2. The standard InChI is InChI=1S/C26H32Br2F2O2S/c27-23-15-19(29)11-13-25(23)31-17-33(21-7-3-1-4-8-21,22-9-5-2-6-10-22)18-32-26-14-12-20(30)16-24(26)28/h11-16,21-22H,1-10,17-18H2. The van der Waals surface area contributed by atoms with E-state index in [0.717, 1.165) is 0 Å². The third kappa shape index (κ3) is 6.26. The Hall–Kier alpha value is -0.790. The van der Waals surface area contributed by atoms with E-state index >= 15 is 0 Å². The van der Waals surface area contributed by atoms with Crippen molar-refractivity contribution in [2.24, 2.45) is 0 Å². The van der Waals surface area contributed by atoms with E-state index in [1.165, 1.54) is 88.5 Å². The van der Waals surface area contributed by atoms with E-state index in [2.05, 4.69) is 31.9 Å². The fourth-order valence-electron chi connectivity index (χ4n) is 5.29. The highest BCUT2D eigenvalue weighted by Gasteiger charge is 2.43. The minimum absolute atomic E-state index is 0.281. The van der Waals surface area contributed by atoms with Gasteiger partial charge in [0, 0.05) is 0 Å². The van der Waals surface area contributed by atoms with Crippen LogP contribution >= 0.6 is 41.9 Å². The molecule has 182 valence electrons. The molecule has 2 nitrogen and oxygen atoms in total. The van der Waals surface area contributed by atoms with E-state index in [-0.39, 0.29) is 11.6 Å². The van der Waals surface area contributed by atoms with Gasteiger partial charge >= 0.3 is 0 Å². The summed E-state index contributed by atoms with van der Waals surface area (Å²) in [6, 6.07) is 9.24. The van der Waals surface area contributed by atoms with Crippen LogP contribution in [0.3, 0.4) is 0 Å². The normalized spacial score (nSPS) is 18.8. The van der Waals surface area contributed by atoms with Gasteiger partial charge in [0.2, 0.25) is 0 Å². The Morgan fingerprint density at radius 3 is 1.42 bits per heavy atom. The first-order valence-electron chi connectivity index (χ1n) is 11.9. The zero-order valence-corrected chi connectivity index (χ0v) is 22.8. The molecule has 0 radical (unpaired) electrons. The van der Waals surface area contributed by atoms with Crippen molar-refractivity contribution in [1.29, 1.82) is 0 Å². The Balaban J connectivity index is 1.64. The summed E-state index contributed by atoms with van der Waals surface area (Å²) in [4.78, 5) is 0. The van der Waals surface area contributed by atoms with Gasteiger partial charge in [-0.2, -0.15) is 10.0 Å². The molecule has 0 heterocycles. The van der Waals surface area contributed by atoms with E-state index in [9.17, 15) is 8.78 Å². The molecule has 2 saturated carbocycles. The molecular formula is C26H32Br2F2O2S. The molecule has 0 saturated heterocycles. The van der Waals surface area contributed by atoms with E-state index in [0.29, 0.717) is 42.8 Å². The van der Waals surface area contributed by atoms with Gasteiger partial charge in [-0.15, -0.1) is 0 Å². The highest BCUT2D eigenvalue weighted by Crippen LogP contribution is 2.63. The number of benzene rings is 2. The monoisotopic (exact) mass is 604 g/mol. The molecule has 0 N–H and O–H groups in total. The number of hydrogen-bond donors (Lipinski definition) is 0. The molecule has 0 unspecified atom stereocenters. The molecule has 2 aliphatic carbocycles. The molecule has 2 aromatic carbocycles. The van der Waals surface area contributed by atoms with Crippen molar-refractivity contribution in [2.45, 2.75) is 74.7 Å². The summed E-state index contributed by atoms with van der Waals surface area (Å²) in [5.41, 5.74) is 0. The van der Waals surface area contributed by atoms with Crippen molar-refractivity contribution >= 4 is 41.9 Å². The molecule has 0 amide bonds. The van der Waals surface area contributed by atoms with Crippen LogP contribution < -0.4 is 9.47 Å². The van der Waals surface area contributed by atoms with Crippen LogP contribution in [0, 0.1) is 11.6 Å². The summed E-state index contributed by atoms with van der Waals surface area (Å²) in [5, 5.41) is 1.18. The van der Waals surface area contributed by atoms with Crippen molar-refractivity contribution in [2.75, 3.05) is 11.9 Å². The molecular weight excluding hydrogens is 574 g/mol. The molecule has 2 aliphatic rings. The SMILES string of the molecule is Fc1ccc(OCS(COc2ccc(F)cc2Br)(C2CCCCC2)C2CCCCC2)c(Br)c1. The lowest BCUT2D eigenvalue weighted by Crippen LogP contribution is -2.38. The number of rotatable bonds is 8. The van der Waals surface area contributed by atoms with Gasteiger partial charge in [-0.25, -0.2) is 8.78 Å². The summed E-state index contributed by atoms with van der Waals surface area (Å²) in [5.74, 6) is 2.04. The van der Waals surface area contributed by atoms with Gasteiger partial charge in [0.05, 0.1) is 8.95 Å². The number of halogens is 4. The molecule has 2 aromatic rings. The zero-order valence-electron chi connectivity index (χ0n) is 18.8. The molecule has 0 spiro atoms. The minimum Gasteiger partial charge on any atom is -0.483 e.